The molecule has 28 heavy (non-hydrogen) atoms. The van der Waals surface area contributed by atoms with Crippen LogP contribution >= 0.6 is 11.3 Å². The fourth-order valence-corrected chi connectivity index (χ4v) is 3.66. The molecule has 0 unspecified atom stereocenters. The molecule has 7 heteroatoms. The molecule has 3 heterocycles. The third-order valence-electron chi connectivity index (χ3n) is 4.28. The lowest BCUT2D eigenvalue weighted by molar-refractivity contribution is 0.950. The summed E-state index contributed by atoms with van der Waals surface area (Å²) < 4.78 is 0. The van der Waals surface area contributed by atoms with Gasteiger partial charge in [-0.2, -0.15) is 0 Å². The minimum Gasteiger partial charge on any atom is -0.360 e. The van der Waals surface area contributed by atoms with Crippen molar-refractivity contribution in [2.24, 2.45) is 5.73 Å². The Morgan fingerprint density at radius 1 is 1.07 bits per heavy atom. The van der Waals surface area contributed by atoms with Crippen molar-refractivity contribution in [3.05, 3.63) is 66.2 Å². The number of hydrogen-bond donors (Lipinski definition) is 2. The van der Waals surface area contributed by atoms with E-state index in [-0.39, 0.29) is 0 Å². The van der Waals surface area contributed by atoms with Crippen LogP contribution < -0.4 is 11.1 Å². The van der Waals surface area contributed by atoms with Gasteiger partial charge in [0.1, 0.15) is 5.01 Å². The van der Waals surface area contributed by atoms with Crippen LogP contribution in [0.4, 0.5) is 5.13 Å². The van der Waals surface area contributed by atoms with Crippen molar-refractivity contribution in [3.63, 3.8) is 0 Å². The molecule has 0 aliphatic carbocycles. The molecular formula is C21H24N6S. The maximum absolute atomic E-state index is 4.50. The Morgan fingerprint density at radius 3 is 2.75 bits per heavy atom. The Morgan fingerprint density at radius 2 is 1.96 bits per heavy atom. The lowest BCUT2D eigenvalue weighted by Crippen LogP contribution is -2.05. The number of nitrogens with one attached hydrogen (secondary N) is 1. The Labute approximate surface area is 168 Å². The minimum atomic E-state index is 0.787. The maximum Gasteiger partial charge on any atom is 0.206 e. The average Bonchev–Trinajstić information content (AvgIpc) is 3.24. The first-order chi connectivity index (χ1) is 13.8. The van der Waals surface area contributed by atoms with E-state index in [1.807, 2.05) is 36.8 Å². The van der Waals surface area contributed by atoms with E-state index in [4.69, 9.17) is 0 Å². The smallest absolute Gasteiger partial charge is 0.206 e. The highest BCUT2D eigenvalue weighted by Gasteiger charge is 2.09. The molecule has 4 aromatic rings. The van der Waals surface area contributed by atoms with Gasteiger partial charge in [-0.15, -0.1) is 10.2 Å². The Bertz CT molecular complexity index is 1020. The molecule has 144 valence electrons. The number of pyridine rings is 2. The standard InChI is InChI=1S/C20H19N5S.CH5N/c1-2-14-12-21-13-16-7-6-15(11-18(14)16)19-24-25-20(26-19)23-10-8-17-5-3-4-9-22-17;1-2/h3-7,9,11-13H,2,8,10H2,1H3,(H,23,25);2H2,1H3. The van der Waals surface area contributed by atoms with Crippen LogP contribution in [0.2, 0.25) is 0 Å². The monoisotopic (exact) mass is 392 g/mol. The number of rotatable bonds is 6. The first kappa shape index (κ1) is 19.9. The third kappa shape index (κ3) is 4.68. The minimum absolute atomic E-state index is 0.787. The van der Waals surface area contributed by atoms with Gasteiger partial charge in [0.2, 0.25) is 5.13 Å². The molecule has 0 saturated heterocycles. The van der Waals surface area contributed by atoms with Crippen LogP contribution in [0, 0.1) is 0 Å². The van der Waals surface area contributed by atoms with Gasteiger partial charge in [-0.25, -0.2) is 0 Å². The number of nitrogens with two attached hydrogens (primary N) is 1. The van der Waals surface area contributed by atoms with Gasteiger partial charge in [0.05, 0.1) is 0 Å². The molecule has 0 aliphatic rings. The van der Waals surface area contributed by atoms with Crippen LogP contribution in [0.3, 0.4) is 0 Å². The van der Waals surface area contributed by atoms with Crippen LogP contribution in [-0.4, -0.2) is 33.8 Å². The molecular weight excluding hydrogens is 368 g/mol. The van der Waals surface area contributed by atoms with Crippen LogP contribution in [-0.2, 0) is 12.8 Å². The number of aromatic nitrogens is 4. The summed E-state index contributed by atoms with van der Waals surface area (Å²) in [6.45, 7) is 2.94. The number of anilines is 1. The summed E-state index contributed by atoms with van der Waals surface area (Å²) in [5, 5.41) is 16.1. The van der Waals surface area contributed by atoms with Gasteiger partial charge in [-0.1, -0.05) is 36.5 Å². The second kappa shape index (κ2) is 9.87. The number of aryl methyl sites for hydroxylation is 1. The molecule has 6 nitrogen and oxygen atoms in total. The van der Waals surface area contributed by atoms with Gasteiger partial charge in [0.25, 0.3) is 0 Å². The Kier molecular flexibility index (Phi) is 7.00. The van der Waals surface area contributed by atoms with E-state index in [2.05, 4.69) is 56.3 Å². The molecule has 0 spiro atoms. The molecule has 3 N–H and O–H groups in total. The maximum atomic E-state index is 4.50. The summed E-state index contributed by atoms with van der Waals surface area (Å²) in [5.74, 6) is 0. The van der Waals surface area contributed by atoms with Gasteiger partial charge in [-0.05, 0) is 42.6 Å². The zero-order valence-corrected chi connectivity index (χ0v) is 16.9. The normalized spacial score (nSPS) is 10.4. The molecule has 0 amide bonds. The Hall–Kier alpha value is -2.90. The van der Waals surface area contributed by atoms with E-state index in [0.717, 1.165) is 46.2 Å². The number of fused-ring (bicyclic) bond motifs is 1. The number of hydrogen-bond acceptors (Lipinski definition) is 7. The molecule has 0 bridgehead atoms. The van der Waals surface area contributed by atoms with Gasteiger partial charge in [0.15, 0.2) is 0 Å². The number of benzene rings is 1. The predicted molar refractivity (Wildman–Crippen MR) is 117 cm³/mol. The second-order valence-electron chi connectivity index (χ2n) is 6.00. The first-order valence-corrected chi connectivity index (χ1v) is 10.1. The van der Waals surface area contributed by atoms with Crippen molar-refractivity contribution >= 4 is 27.2 Å². The van der Waals surface area contributed by atoms with Crippen LogP contribution in [0.1, 0.15) is 18.2 Å². The van der Waals surface area contributed by atoms with Gasteiger partial charge in [-0.3, -0.25) is 9.97 Å². The van der Waals surface area contributed by atoms with Crippen LogP contribution in [0.25, 0.3) is 21.3 Å². The van der Waals surface area contributed by atoms with Gasteiger partial charge < -0.3 is 11.1 Å². The van der Waals surface area contributed by atoms with Crippen molar-refractivity contribution in [3.8, 4) is 10.6 Å². The largest absolute Gasteiger partial charge is 0.360 e. The highest BCUT2D eigenvalue weighted by molar-refractivity contribution is 7.18. The quantitative estimate of drug-likeness (QED) is 0.517. The lowest BCUT2D eigenvalue weighted by atomic mass is 10.0. The predicted octanol–water partition coefficient (Wildman–Crippen LogP) is 3.94. The van der Waals surface area contributed by atoms with Crippen molar-refractivity contribution < 1.29 is 0 Å². The zero-order chi connectivity index (χ0) is 19.8. The van der Waals surface area contributed by atoms with Crippen LogP contribution in [0.5, 0.6) is 0 Å². The average molecular weight is 393 g/mol. The highest BCUT2D eigenvalue weighted by Crippen LogP contribution is 2.30. The summed E-state index contributed by atoms with van der Waals surface area (Å²) in [5.41, 5.74) is 7.91. The molecule has 0 fully saturated rings. The summed E-state index contributed by atoms with van der Waals surface area (Å²) in [6, 6.07) is 12.3. The van der Waals surface area contributed by atoms with E-state index in [1.54, 1.807) is 11.3 Å². The number of nitrogens with zero attached hydrogens (tertiary/aromatic N) is 4. The zero-order valence-electron chi connectivity index (χ0n) is 16.1. The molecule has 4 rings (SSSR count). The third-order valence-corrected chi connectivity index (χ3v) is 5.21. The summed E-state index contributed by atoms with van der Waals surface area (Å²) in [7, 11) is 1.50. The van der Waals surface area contributed by atoms with E-state index >= 15 is 0 Å². The van der Waals surface area contributed by atoms with E-state index in [1.165, 1.54) is 18.0 Å². The van der Waals surface area contributed by atoms with E-state index in [0.29, 0.717) is 0 Å². The fourth-order valence-electron chi connectivity index (χ4n) is 2.89. The molecule has 0 saturated carbocycles. The first-order valence-electron chi connectivity index (χ1n) is 9.25. The molecule has 0 atom stereocenters. The molecule has 0 aliphatic heterocycles. The van der Waals surface area contributed by atoms with E-state index in [9.17, 15) is 0 Å². The van der Waals surface area contributed by atoms with Crippen LogP contribution in [0.15, 0.2) is 55.0 Å². The van der Waals surface area contributed by atoms with Crippen molar-refractivity contribution in [2.45, 2.75) is 19.8 Å². The summed E-state index contributed by atoms with van der Waals surface area (Å²) in [4.78, 5) is 8.64. The topological polar surface area (TPSA) is 89.6 Å². The molecule has 3 aromatic heterocycles. The fraction of sp³-hybridized carbons (Fsp3) is 0.238. The van der Waals surface area contributed by atoms with Gasteiger partial charge in [0, 0.05) is 48.2 Å². The molecule has 1 aromatic carbocycles. The van der Waals surface area contributed by atoms with Crippen molar-refractivity contribution in [2.75, 3.05) is 18.9 Å². The summed E-state index contributed by atoms with van der Waals surface area (Å²) >= 11 is 1.57. The van der Waals surface area contributed by atoms with Gasteiger partial charge >= 0.3 is 0 Å². The molecule has 0 radical (unpaired) electrons. The SMILES string of the molecule is CCc1cncc2ccc(-c3nnc(NCCc4ccccn4)s3)cc12.CN. The Balaban J connectivity index is 0.00000109. The van der Waals surface area contributed by atoms with Crippen molar-refractivity contribution in [1.82, 2.24) is 20.2 Å². The second-order valence-corrected chi connectivity index (χ2v) is 6.98. The van der Waals surface area contributed by atoms with E-state index < -0.39 is 0 Å². The lowest BCUT2D eigenvalue weighted by Gasteiger charge is -2.05. The van der Waals surface area contributed by atoms with Crippen molar-refractivity contribution in [1.29, 1.82) is 0 Å². The highest BCUT2D eigenvalue weighted by atomic mass is 32.1. The summed E-state index contributed by atoms with van der Waals surface area (Å²) in [6.07, 6.45) is 7.49.